The van der Waals surface area contributed by atoms with E-state index in [1.807, 2.05) is 18.0 Å². The number of nitrogens with zero attached hydrogens (tertiary/aromatic N) is 2. The third kappa shape index (κ3) is 6.56. The molecule has 2 rings (SSSR count). The third-order valence-corrected chi connectivity index (χ3v) is 6.73. The van der Waals surface area contributed by atoms with E-state index in [0.717, 1.165) is 29.4 Å². The van der Waals surface area contributed by atoms with E-state index in [2.05, 4.69) is 41.9 Å². The molecule has 1 aromatic rings. The molecule has 1 aliphatic rings. The number of unbranched alkanes of at least 4 members (excludes halogenated alkanes) is 6. The molecule has 5 heteroatoms. The summed E-state index contributed by atoms with van der Waals surface area (Å²) in [4.78, 5) is 28.4. The van der Waals surface area contributed by atoms with Crippen LogP contribution in [-0.4, -0.2) is 36.9 Å². The van der Waals surface area contributed by atoms with Crippen LogP contribution in [0.3, 0.4) is 0 Å². The Morgan fingerprint density at radius 3 is 2.45 bits per heavy atom. The van der Waals surface area contributed by atoms with Gasteiger partial charge < -0.3 is 9.80 Å². The van der Waals surface area contributed by atoms with Crippen LogP contribution < -0.4 is 4.90 Å². The molecule has 0 radical (unpaired) electrons. The minimum Gasteiger partial charge on any atom is -0.346 e. The molecule has 0 fully saturated rings. The van der Waals surface area contributed by atoms with E-state index in [1.54, 1.807) is 11.8 Å². The maximum Gasteiger partial charge on any atom is 0.227 e. The lowest BCUT2D eigenvalue weighted by atomic mass is 9.81. The van der Waals surface area contributed by atoms with Gasteiger partial charge in [-0.2, -0.15) is 0 Å². The lowest BCUT2D eigenvalue weighted by Crippen LogP contribution is -2.38. The first-order chi connectivity index (χ1) is 13.8. The second-order valence-electron chi connectivity index (χ2n) is 8.76. The number of fused-ring (bicyclic) bond motifs is 1. The van der Waals surface area contributed by atoms with Gasteiger partial charge in [-0.1, -0.05) is 68.3 Å². The van der Waals surface area contributed by atoms with E-state index in [9.17, 15) is 9.59 Å². The van der Waals surface area contributed by atoms with Crippen LogP contribution in [0.25, 0.3) is 0 Å². The van der Waals surface area contributed by atoms with Crippen molar-refractivity contribution in [2.75, 3.05) is 25.0 Å². The van der Waals surface area contributed by atoms with Gasteiger partial charge in [0.15, 0.2) is 0 Å². The summed E-state index contributed by atoms with van der Waals surface area (Å²) in [6, 6.07) is 6.21. The molecule has 0 N–H and O–H groups in total. The summed E-state index contributed by atoms with van der Waals surface area (Å²) in [7, 11) is 1.84. The number of carbonyl (C=O) groups excluding carboxylic acids is 2. The Morgan fingerprint density at radius 2 is 1.79 bits per heavy atom. The number of hydrogen-bond donors (Lipinski definition) is 0. The fraction of sp³-hybridized carbons (Fsp3) is 0.667. The molecule has 0 aliphatic carbocycles. The van der Waals surface area contributed by atoms with Crippen molar-refractivity contribution in [1.29, 1.82) is 0 Å². The predicted octanol–water partition coefficient (Wildman–Crippen LogP) is 6.06. The molecule has 2 amide bonds. The van der Waals surface area contributed by atoms with E-state index >= 15 is 0 Å². The number of halogens is 1. The Balaban J connectivity index is 1.99. The quantitative estimate of drug-likeness (QED) is 0.373. The van der Waals surface area contributed by atoms with Crippen LogP contribution in [0.4, 0.5) is 5.69 Å². The zero-order valence-electron chi connectivity index (χ0n) is 18.6. The van der Waals surface area contributed by atoms with Crippen molar-refractivity contribution in [2.45, 2.75) is 84.0 Å². The normalized spacial score (nSPS) is 18.0. The Morgan fingerprint density at radius 1 is 1.14 bits per heavy atom. The smallest absolute Gasteiger partial charge is 0.227 e. The van der Waals surface area contributed by atoms with Gasteiger partial charge in [0.25, 0.3) is 0 Å². The average molecular weight is 465 g/mol. The van der Waals surface area contributed by atoms with E-state index in [-0.39, 0.29) is 17.2 Å². The highest BCUT2D eigenvalue weighted by molar-refractivity contribution is 9.10. The minimum absolute atomic E-state index is 0.0768. The highest BCUT2D eigenvalue weighted by atomic mass is 79.9. The first kappa shape index (κ1) is 23.9. The second kappa shape index (κ2) is 11.1. The summed E-state index contributed by atoms with van der Waals surface area (Å²) < 4.78 is 1.03. The topological polar surface area (TPSA) is 40.6 Å². The van der Waals surface area contributed by atoms with Crippen LogP contribution in [0.2, 0.25) is 0 Å². The molecule has 162 valence electrons. The van der Waals surface area contributed by atoms with Crippen LogP contribution in [0.15, 0.2) is 22.7 Å². The highest BCUT2D eigenvalue weighted by Crippen LogP contribution is 2.44. The summed E-state index contributed by atoms with van der Waals surface area (Å²) in [6.45, 7) is 7.43. The molecule has 0 saturated carbocycles. The molecule has 1 aliphatic heterocycles. The Bertz CT molecular complexity index is 706. The molecule has 0 saturated heterocycles. The van der Waals surface area contributed by atoms with Crippen LogP contribution in [0.5, 0.6) is 0 Å². The fourth-order valence-corrected chi connectivity index (χ4v) is 4.48. The molecule has 29 heavy (non-hydrogen) atoms. The van der Waals surface area contributed by atoms with Gasteiger partial charge in [0.1, 0.15) is 0 Å². The lowest BCUT2D eigenvalue weighted by molar-refractivity contribution is -0.127. The molecule has 1 atom stereocenters. The van der Waals surface area contributed by atoms with Crippen LogP contribution in [0.1, 0.15) is 84.1 Å². The summed E-state index contributed by atoms with van der Waals surface area (Å²) in [5.41, 5.74) is 2.10. The van der Waals surface area contributed by atoms with E-state index in [4.69, 9.17) is 0 Å². The molecule has 4 nitrogen and oxygen atoms in total. The number of carbonyl (C=O) groups is 2. The summed E-state index contributed by atoms with van der Waals surface area (Å²) >= 11 is 3.59. The average Bonchev–Trinajstić information content (AvgIpc) is 2.98. The summed E-state index contributed by atoms with van der Waals surface area (Å²) in [5.74, 6) is 0.304. The zero-order valence-corrected chi connectivity index (χ0v) is 20.2. The maximum atomic E-state index is 13.0. The van der Waals surface area contributed by atoms with Crippen molar-refractivity contribution < 1.29 is 9.59 Å². The third-order valence-electron chi connectivity index (χ3n) is 6.24. The minimum atomic E-state index is -0.140. The van der Waals surface area contributed by atoms with Gasteiger partial charge >= 0.3 is 0 Å². The van der Waals surface area contributed by atoms with E-state index in [1.165, 1.54) is 37.7 Å². The summed E-state index contributed by atoms with van der Waals surface area (Å²) in [5, 5.41) is 0. The standard InChI is InChI=1S/C24H37BrN2O2/c1-5-6-7-8-9-10-11-12-23(29)27-18-24(3,15-16-26(4)19(2)28)21-17-20(25)13-14-22(21)27/h13-14,17H,5-12,15-16,18H2,1-4H3. The van der Waals surface area contributed by atoms with Crippen molar-refractivity contribution >= 4 is 33.4 Å². The van der Waals surface area contributed by atoms with Crippen molar-refractivity contribution in [3.05, 3.63) is 28.2 Å². The summed E-state index contributed by atoms with van der Waals surface area (Å²) in [6.07, 6.45) is 9.97. The van der Waals surface area contributed by atoms with E-state index in [0.29, 0.717) is 19.5 Å². The van der Waals surface area contributed by atoms with Crippen molar-refractivity contribution in [3.8, 4) is 0 Å². The molecule has 0 aromatic heterocycles. The number of rotatable bonds is 11. The van der Waals surface area contributed by atoms with Gasteiger partial charge in [0.05, 0.1) is 0 Å². The van der Waals surface area contributed by atoms with Crippen molar-refractivity contribution in [3.63, 3.8) is 0 Å². The number of anilines is 1. The number of benzene rings is 1. The first-order valence-corrected chi connectivity index (χ1v) is 11.9. The molecule has 1 unspecified atom stereocenters. The number of hydrogen-bond acceptors (Lipinski definition) is 2. The van der Waals surface area contributed by atoms with Gasteiger partial charge in [-0.05, 0) is 36.6 Å². The molecular formula is C24H37BrN2O2. The highest BCUT2D eigenvalue weighted by Gasteiger charge is 2.41. The molecule has 1 heterocycles. The fourth-order valence-electron chi connectivity index (χ4n) is 4.12. The SMILES string of the molecule is CCCCCCCCCC(=O)N1CC(C)(CCN(C)C(C)=O)c2cc(Br)ccc21. The monoisotopic (exact) mass is 464 g/mol. The van der Waals surface area contributed by atoms with Crippen molar-refractivity contribution in [1.82, 2.24) is 4.90 Å². The van der Waals surface area contributed by atoms with E-state index < -0.39 is 0 Å². The first-order valence-electron chi connectivity index (χ1n) is 11.1. The van der Waals surface area contributed by atoms with Crippen LogP contribution in [-0.2, 0) is 15.0 Å². The van der Waals surface area contributed by atoms with Gasteiger partial charge in [-0.25, -0.2) is 0 Å². The lowest BCUT2D eigenvalue weighted by Gasteiger charge is -2.28. The van der Waals surface area contributed by atoms with Crippen LogP contribution >= 0.6 is 15.9 Å². The number of amides is 2. The predicted molar refractivity (Wildman–Crippen MR) is 124 cm³/mol. The van der Waals surface area contributed by atoms with Gasteiger partial charge in [0, 0.05) is 49.1 Å². The van der Waals surface area contributed by atoms with Gasteiger partial charge in [-0.15, -0.1) is 0 Å². The molecule has 0 bridgehead atoms. The molecule has 0 spiro atoms. The Hall–Kier alpha value is -1.36. The van der Waals surface area contributed by atoms with Crippen molar-refractivity contribution in [2.24, 2.45) is 0 Å². The molecular weight excluding hydrogens is 428 g/mol. The zero-order chi connectivity index (χ0) is 21.4. The largest absolute Gasteiger partial charge is 0.346 e. The van der Waals surface area contributed by atoms with Gasteiger partial charge in [-0.3, -0.25) is 9.59 Å². The van der Waals surface area contributed by atoms with Gasteiger partial charge in [0.2, 0.25) is 11.8 Å². The molecule has 1 aromatic carbocycles. The second-order valence-corrected chi connectivity index (χ2v) is 9.68. The maximum absolute atomic E-state index is 13.0. The van der Waals surface area contributed by atoms with Crippen LogP contribution in [0, 0.1) is 0 Å². The Kier molecular flexibility index (Phi) is 9.19. The Labute approximate surface area is 185 Å².